The van der Waals surface area contributed by atoms with E-state index in [-0.39, 0.29) is 27.8 Å². The average Bonchev–Trinajstić information content (AvgIpc) is 2.29. The van der Waals surface area contributed by atoms with Crippen LogP contribution in [0.2, 0.25) is 10.0 Å². The molecule has 1 aromatic rings. The summed E-state index contributed by atoms with van der Waals surface area (Å²) in [5.41, 5.74) is 0. The van der Waals surface area contributed by atoms with Gasteiger partial charge in [-0.15, -0.1) is 11.6 Å². The van der Waals surface area contributed by atoms with Gasteiger partial charge in [0.1, 0.15) is 0 Å². The van der Waals surface area contributed by atoms with E-state index in [4.69, 9.17) is 34.8 Å². The topological polar surface area (TPSA) is 46.2 Å². The zero-order valence-corrected chi connectivity index (χ0v) is 13.0. The molecule has 0 amide bonds. The Bertz CT molecular complexity index is 517. The van der Waals surface area contributed by atoms with Crippen molar-refractivity contribution in [1.29, 1.82) is 0 Å². The van der Waals surface area contributed by atoms with Gasteiger partial charge in [-0.25, -0.2) is 13.1 Å². The zero-order valence-electron chi connectivity index (χ0n) is 9.95. The summed E-state index contributed by atoms with van der Waals surface area (Å²) in [4.78, 5) is 0.0736. The second kappa shape index (κ2) is 6.44. The van der Waals surface area contributed by atoms with Crippen LogP contribution in [0.1, 0.15) is 13.8 Å². The van der Waals surface area contributed by atoms with Crippen LogP contribution in [0.3, 0.4) is 0 Å². The minimum atomic E-state index is -3.61. The van der Waals surface area contributed by atoms with Gasteiger partial charge in [-0.1, -0.05) is 37.0 Å². The maximum Gasteiger partial charge on any atom is 0.240 e. The first-order valence-electron chi connectivity index (χ1n) is 5.33. The molecule has 0 aromatic heterocycles. The van der Waals surface area contributed by atoms with Gasteiger partial charge in [-0.2, -0.15) is 0 Å². The average molecular weight is 331 g/mol. The Hall–Kier alpha value is -0.000000000000000111. The predicted molar refractivity (Wildman–Crippen MR) is 76.1 cm³/mol. The number of alkyl halides is 1. The number of hydrogen-bond acceptors (Lipinski definition) is 2. The number of halogens is 3. The molecule has 18 heavy (non-hydrogen) atoms. The molecule has 0 spiro atoms. The third-order valence-electron chi connectivity index (χ3n) is 2.39. The van der Waals surface area contributed by atoms with Crippen LogP contribution >= 0.6 is 34.8 Å². The summed E-state index contributed by atoms with van der Waals surface area (Å²) in [6.45, 7) is 4.01. The Labute approximate surface area is 122 Å². The van der Waals surface area contributed by atoms with Gasteiger partial charge in [0, 0.05) is 11.9 Å². The molecule has 0 aliphatic heterocycles. The van der Waals surface area contributed by atoms with Crippen molar-refractivity contribution in [3.05, 3.63) is 28.2 Å². The molecule has 0 heterocycles. The molecule has 1 atom stereocenters. The SMILES string of the molecule is CC(C)C(Cl)CNS(=O)(=O)c1ccc(Cl)c(Cl)c1. The van der Waals surface area contributed by atoms with Gasteiger partial charge < -0.3 is 0 Å². The summed E-state index contributed by atoms with van der Waals surface area (Å²) < 4.78 is 26.3. The molecular weight excluding hydrogens is 317 g/mol. The summed E-state index contributed by atoms with van der Waals surface area (Å²) in [7, 11) is -3.61. The van der Waals surface area contributed by atoms with E-state index in [1.807, 2.05) is 13.8 Å². The van der Waals surface area contributed by atoms with Crippen LogP contribution in [0.5, 0.6) is 0 Å². The quantitative estimate of drug-likeness (QED) is 0.839. The second-order valence-electron chi connectivity index (χ2n) is 4.19. The van der Waals surface area contributed by atoms with Crippen molar-refractivity contribution < 1.29 is 8.42 Å². The predicted octanol–water partition coefficient (Wildman–Crippen LogP) is 3.54. The Balaban J connectivity index is 2.83. The van der Waals surface area contributed by atoms with Crippen LogP contribution in [-0.4, -0.2) is 20.3 Å². The number of hydrogen-bond donors (Lipinski definition) is 1. The first-order chi connectivity index (χ1) is 8.24. The molecule has 1 aromatic carbocycles. The van der Waals surface area contributed by atoms with E-state index in [2.05, 4.69) is 4.72 Å². The summed E-state index contributed by atoms with van der Waals surface area (Å²) in [5, 5.41) is 0.251. The molecule has 1 rings (SSSR count). The molecule has 0 saturated heterocycles. The van der Waals surface area contributed by atoms with E-state index in [9.17, 15) is 8.42 Å². The van der Waals surface area contributed by atoms with Crippen LogP contribution in [0.25, 0.3) is 0 Å². The summed E-state index contributed by atoms with van der Waals surface area (Å²) in [6, 6.07) is 4.15. The van der Waals surface area contributed by atoms with Crippen LogP contribution in [0.15, 0.2) is 23.1 Å². The minimum Gasteiger partial charge on any atom is -0.210 e. The highest BCUT2D eigenvalue weighted by Gasteiger charge is 2.18. The molecule has 0 saturated carbocycles. The molecular formula is C11H14Cl3NO2S. The van der Waals surface area contributed by atoms with E-state index < -0.39 is 10.0 Å². The first kappa shape index (κ1) is 16.1. The van der Waals surface area contributed by atoms with Crippen LogP contribution in [0, 0.1) is 5.92 Å². The normalized spacial score (nSPS) is 13.9. The van der Waals surface area contributed by atoms with Crippen molar-refractivity contribution in [3.63, 3.8) is 0 Å². The molecule has 0 aliphatic rings. The Morgan fingerprint density at radius 3 is 2.33 bits per heavy atom. The molecule has 7 heteroatoms. The number of rotatable bonds is 5. The molecule has 3 nitrogen and oxygen atoms in total. The molecule has 102 valence electrons. The third-order valence-corrected chi connectivity index (χ3v) is 5.21. The first-order valence-corrected chi connectivity index (χ1v) is 8.00. The van der Waals surface area contributed by atoms with Gasteiger partial charge in [0.05, 0.1) is 14.9 Å². The van der Waals surface area contributed by atoms with Crippen molar-refractivity contribution in [2.75, 3.05) is 6.54 Å². The van der Waals surface area contributed by atoms with Gasteiger partial charge in [-0.05, 0) is 24.1 Å². The zero-order chi connectivity index (χ0) is 13.9. The highest BCUT2D eigenvalue weighted by Crippen LogP contribution is 2.24. The fraction of sp³-hybridized carbons (Fsp3) is 0.455. The van der Waals surface area contributed by atoms with E-state index in [1.165, 1.54) is 18.2 Å². The lowest BCUT2D eigenvalue weighted by atomic mass is 10.1. The fourth-order valence-electron chi connectivity index (χ4n) is 1.15. The molecule has 0 radical (unpaired) electrons. The molecule has 1 unspecified atom stereocenters. The number of benzene rings is 1. The maximum absolute atomic E-state index is 12.0. The van der Waals surface area contributed by atoms with E-state index >= 15 is 0 Å². The van der Waals surface area contributed by atoms with Crippen LogP contribution in [-0.2, 0) is 10.0 Å². The van der Waals surface area contributed by atoms with E-state index in [0.29, 0.717) is 5.02 Å². The summed E-state index contributed by atoms with van der Waals surface area (Å²) >= 11 is 17.5. The summed E-state index contributed by atoms with van der Waals surface area (Å²) in [6.07, 6.45) is 0. The van der Waals surface area contributed by atoms with Gasteiger partial charge in [0.15, 0.2) is 0 Å². The smallest absolute Gasteiger partial charge is 0.210 e. The van der Waals surface area contributed by atoms with Crippen molar-refractivity contribution in [2.24, 2.45) is 5.92 Å². The van der Waals surface area contributed by atoms with Crippen LogP contribution in [0.4, 0.5) is 0 Å². The maximum atomic E-state index is 12.0. The van der Waals surface area contributed by atoms with Gasteiger partial charge >= 0.3 is 0 Å². The third kappa shape index (κ3) is 4.28. The number of sulfonamides is 1. The molecule has 0 fully saturated rings. The monoisotopic (exact) mass is 329 g/mol. The standard InChI is InChI=1S/C11H14Cl3NO2S/c1-7(2)11(14)6-15-18(16,17)8-3-4-9(12)10(13)5-8/h3-5,7,11,15H,6H2,1-2H3. The molecule has 1 N–H and O–H groups in total. The van der Waals surface area contributed by atoms with Gasteiger partial charge in [0.25, 0.3) is 0 Å². The van der Waals surface area contributed by atoms with Crippen molar-refractivity contribution in [1.82, 2.24) is 4.72 Å². The van der Waals surface area contributed by atoms with Crippen molar-refractivity contribution in [3.8, 4) is 0 Å². The highest BCUT2D eigenvalue weighted by molar-refractivity contribution is 7.89. The highest BCUT2D eigenvalue weighted by atomic mass is 35.5. The number of nitrogens with one attached hydrogen (secondary N) is 1. The van der Waals surface area contributed by atoms with E-state index in [1.54, 1.807) is 0 Å². The van der Waals surface area contributed by atoms with Crippen LogP contribution < -0.4 is 4.72 Å². The molecule has 0 bridgehead atoms. The Morgan fingerprint density at radius 1 is 1.22 bits per heavy atom. The Kier molecular flexibility index (Phi) is 5.74. The lowest BCUT2D eigenvalue weighted by Gasteiger charge is -2.14. The largest absolute Gasteiger partial charge is 0.240 e. The summed E-state index contributed by atoms with van der Waals surface area (Å²) in [5.74, 6) is 0.183. The second-order valence-corrected chi connectivity index (χ2v) is 7.33. The minimum absolute atomic E-state index is 0.0736. The van der Waals surface area contributed by atoms with Gasteiger partial charge in [-0.3, -0.25) is 0 Å². The fourth-order valence-corrected chi connectivity index (χ4v) is 2.77. The Morgan fingerprint density at radius 2 is 1.83 bits per heavy atom. The molecule has 0 aliphatic carbocycles. The lowest BCUT2D eigenvalue weighted by Crippen LogP contribution is -2.32. The van der Waals surface area contributed by atoms with Crippen molar-refractivity contribution >= 4 is 44.8 Å². The van der Waals surface area contributed by atoms with E-state index in [0.717, 1.165) is 0 Å². The van der Waals surface area contributed by atoms with Crippen molar-refractivity contribution in [2.45, 2.75) is 24.1 Å². The lowest BCUT2D eigenvalue weighted by molar-refractivity contribution is 0.556. The van der Waals surface area contributed by atoms with Gasteiger partial charge in [0.2, 0.25) is 10.0 Å².